The molecule has 1 N–H and O–H groups in total. The maximum atomic E-state index is 12.4. The molecule has 1 fully saturated rings. The first-order valence-electron chi connectivity index (χ1n) is 8.21. The smallest absolute Gasteiger partial charge is 0.257 e. The third-order valence-corrected chi connectivity index (χ3v) is 4.31. The Balaban J connectivity index is 1.64. The topological polar surface area (TPSA) is 60.5 Å². The Bertz CT molecular complexity index is 707. The molecular formula is C19H22N2O3. The van der Waals surface area contributed by atoms with Crippen molar-refractivity contribution in [2.24, 2.45) is 0 Å². The maximum Gasteiger partial charge on any atom is 0.257 e. The van der Waals surface area contributed by atoms with Crippen LogP contribution in [0.1, 0.15) is 34.3 Å². The van der Waals surface area contributed by atoms with Crippen LogP contribution in [0.25, 0.3) is 0 Å². The van der Waals surface area contributed by atoms with Gasteiger partial charge in [-0.2, -0.15) is 0 Å². The van der Waals surface area contributed by atoms with E-state index < -0.39 is 0 Å². The van der Waals surface area contributed by atoms with Crippen LogP contribution in [0.5, 0.6) is 5.88 Å². The molecule has 1 amide bonds. The Hall–Kier alpha value is -2.40. The highest BCUT2D eigenvalue weighted by Gasteiger charge is 2.16. The van der Waals surface area contributed by atoms with Crippen molar-refractivity contribution >= 4 is 11.6 Å². The van der Waals surface area contributed by atoms with Gasteiger partial charge in [-0.3, -0.25) is 4.79 Å². The summed E-state index contributed by atoms with van der Waals surface area (Å²) in [5.41, 5.74) is 3.54. The molecule has 0 bridgehead atoms. The van der Waals surface area contributed by atoms with Crippen LogP contribution in [0.3, 0.4) is 0 Å². The monoisotopic (exact) mass is 326 g/mol. The van der Waals surface area contributed by atoms with E-state index in [2.05, 4.69) is 10.3 Å². The molecule has 0 atom stereocenters. The average molecular weight is 326 g/mol. The number of carbonyl (C=O) groups excluding carboxylic acids is 1. The van der Waals surface area contributed by atoms with Gasteiger partial charge < -0.3 is 14.8 Å². The summed E-state index contributed by atoms with van der Waals surface area (Å²) in [5, 5.41) is 2.93. The maximum absolute atomic E-state index is 12.4. The van der Waals surface area contributed by atoms with Gasteiger partial charge in [-0.1, -0.05) is 12.1 Å². The van der Waals surface area contributed by atoms with Crippen molar-refractivity contribution in [2.45, 2.75) is 32.8 Å². The molecule has 0 radical (unpaired) electrons. The van der Waals surface area contributed by atoms with Gasteiger partial charge in [0.25, 0.3) is 5.91 Å². The normalized spacial score (nSPS) is 15.1. The van der Waals surface area contributed by atoms with Crippen molar-refractivity contribution < 1.29 is 14.3 Å². The molecule has 1 aliphatic rings. The number of rotatable bonds is 4. The Kier molecular flexibility index (Phi) is 5.11. The van der Waals surface area contributed by atoms with E-state index in [-0.39, 0.29) is 12.0 Å². The van der Waals surface area contributed by atoms with Crippen LogP contribution in [0, 0.1) is 13.8 Å². The molecule has 2 aromatic rings. The average Bonchev–Trinajstić information content (AvgIpc) is 2.60. The second-order valence-electron chi connectivity index (χ2n) is 6.02. The molecular weight excluding hydrogens is 304 g/mol. The summed E-state index contributed by atoms with van der Waals surface area (Å²) in [6.07, 6.45) is 3.43. The zero-order chi connectivity index (χ0) is 16.9. The van der Waals surface area contributed by atoms with Gasteiger partial charge in [0.2, 0.25) is 5.88 Å². The lowest BCUT2D eigenvalue weighted by atomic mass is 10.1. The molecule has 1 aliphatic heterocycles. The highest BCUT2D eigenvalue weighted by Crippen LogP contribution is 2.20. The van der Waals surface area contributed by atoms with Crippen molar-refractivity contribution in [1.29, 1.82) is 0 Å². The molecule has 24 heavy (non-hydrogen) atoms. The minimum absolute atomic E-state index is 0.140. The fourth-order valence-corrected chi connectivity index (χ4v) is 2.63. The van der Waals surface area contributed by atoms with Crippen LogP contribution in [0.2, 0.25) is 0 Å². The molecule has 0 aliphatic carbocycles. The molecule has 3 rings (SSSR count). The minimum atomic E-state index is -0.172. The predicted molar refractivity (Wildman–Crippen MR) is 92.6 cm³/mol. The number of hydrogen-bond donors (Lipinski definition) is 1. The van der Waals surface area contributed by atoms with E-state index in [1.807, 2.05) is 32.0 Å². The minimum Gasteiger partial charge on any atom is -0.474 e. The van der Waals surface area contributed by atoms with Gasteiger partial charge in [0.15, 0.2) is 0 Å². The summed E-state index contributed by atoms with van der Waals surface area (Å²) >= 11 is 0. The van der Waals surface area contributed by atoms with Gasteiger partial charge in [-0.15, -0.1) is 0 Å². The van der Waals surface area contributed by atoms with Gasteiger partial charge in [0.1, 0.15) is 6.10 Å². The first kappa shape index (κ1) is 16.5. The number of carbonyl (C=O) groups is 1. The predicted octanol–water partition coefficient (Wildman–Crippen LogP) is 3.51. The van der Waals surface area contributed by atoms with Crippen molar-refractivity contribution in [3.05, 3.63) is 53.2 Å². The zero-order valence-electron chi connectivity index (χ0n) is 14.0. The van der Waals surface area contributed by atoms with Gasteiger partial charge in [0.05, 0.1) is 18.8 Å². The van der Waals surface area contributed by atoms with Crippen LogP contribution in [0.4, 0.5) is 5.69 Å². The second kappa shape index (κ2) is 7.45. The van der Waals surface area contributed by atoms with E-state index >= 15 is 0 Å². The van der Waals surface area contributed by atoms with Crippen molar-refractivity contribution in [3.63, 3.8) is 0 Å². The number of nitrogens with one attached hydrogen (secondary N) is 1. The summed E-state index contributed by atoms with van der Waals surface area (Å²) in [5.74, 6) is 0.374. The van der Waals surface area contributed by atoms with Crippen LogP contribution < -0.4 is 10.1 Å². The van der Waals surface area contributed by atoms with E-state index in [1.54, 1.807) is 18.3 Å². The largest absolute Gasteiger partial charge is 0.474 e. The van der Waals surface area contributed by atoms with Crippen molar-refractivity contribution in [1.82, 2.24) is 4.98 Å². The number of nitrogens with zero attached hydrogens (tertiary/aromatic N) is 1. The van der Waals surface area contributed by atoms with E-state index in [0.717, 1.165) is 42.9 Å². The summed E-state index contributed by atoms with van der Waals surface area (Å²) < 4.78 is 11.1. The Morgan fingerprint density at radius 2 is 2.00 bits per heavy atom. The lowest BCUT2D eigenvalue weighted by Crippen LogP contribution is -2.26. The van der Waals surface area contributed by atoms with Gasteiger partial charge in [-0.05, 0) is 37.1 Å². The molecule has 126 valence electrons. The fourth-order valence-electron chi connectivity index (χ4n) is 2.63. The summed E-state index contributed by atoms with van der Waals surface area (Å²) in [6, 6.07) is 9.34. The van der Waals surface area contributed by atoms with Gasteiger partial charge >= 0.3 is 0 Å². The van der Waals surface area contributed by atoms with Crippen LogP contribution in [0.15, 0.2) is 36.5 Å². The number of amides is 1. The number of ether oxygens (including phenoxy) is 2. The molecule has 0 saturated carbocycles. The van der Waals surface area contributed by atoms with Crippen molar-refractivity contribution in [2.75, 3.05) is 18.5 Å². The highest BCUT2D eigenvalue weighted by molar-refractivity contribution is 6.04. The van der Waals surface area contributed by atoms with Gasteiger partial charge in [0, 0.05) is 30.8 Å². The Morgan fingerprint density at radius 3 is 2.71 bits per heavy atom. The molecule has 5 heteroatoms. The first-order chi connectivity index (χ1) is 11.6. The SMILES string of the molecule is Cc1cccc(NC(=O)c2ccc(OC3CCOCC3)nc2)c1C. The third-order valence-electron chi connectivity index (χ3n) is 4.31. The van der Waals surface area contributed by atoms with E-state index in [4.69, 9.17) is 9.47 Å². The number of aromatic nitrogens is 1. The molecule has 0 unspecified atom stereocenters. The quantitative estimate of drug-likeness (QED) is 0.934. The van der Waals surface area contributed by atoms with Crippen molar-refractivity contribution in [3.8, 4) is 5.88 Å². The molecule has 5 nitrogen and oxygen atoms in total. The van der Waals surface area contributed by atoms with Crippen LogP contribution >= 0.6 is 0 Å². The number of pyridine rings is 1. The van der Waals surface area contributed by atoms with E-state index in [1.165, 1.54) is 0 Å². The standard InChI is InChI=1S/C19H22N2O3/c1-13-4-3-5-17(14(13)2)21-19(22)15-6-7-18(20-12-15)24-16-8-10-23-11-9-16/h3-7,12,16H,8-11H2,1-2H3,(H,21,22). The molecule has 1 saturated heterocycles. The Labute approximate surface area is 142 Å². The first-order valence-corrected chi connectivity index (χ1v) is 8.21. The lowest BCUT2D eigenvalue weighted by molar-refractivity contribution is 0.0237. The zero-order valence-corrected chi connectivity index (χ0v) is 14.0. The molecule has 2 heterocycles. The summed E-state index contributed by atoms with van der Waals surface area (Å²) in [4.78, 5) is 16.6. The van der Waals surface area contributed by atoms with Gasteiger partial charge in [-0.25, -0.2) is 4.98 Å². The Morgan fingerprint density at radius 1 is 1.21 bits per heavy atom. The summed E-state index contributed by atoms with van der Waals surface area (Å²) in [6.45, 7) is 5.46. The number of hydrogen-bond acceptors (Lipinski definition) is 4. The van der Waals surface area contributed by atoms with Crippen LogP contribution in [-0.4, -0.2) is 30.2 Å². The molecule has 1 aromatic carbocycles. The lowest BCUT2D eigenvalue weighted by Gasteiger charge is -2.22. The molecule has 0 spiro atoms. The van der Waals surface area contributed by atoms with E-state index in [0.29, 0.717) is 11.4 Å². The highest BCUT2D eigenvalue weighted by atomic mass is 16.5. The number of aryl methyl sites for hydroxylation is 1. The number of benzene rings is 1. The fraction of sp³-hybridized carbons (Fsp3) is 0.368. The second-order valence-corrected chi connectivity index (χ2v) is 6.02. The van der Waals surface area contributed by atoms with Crippen LogP contribution in [-0.2, 0) is 4.74 Å². The summed E-state index contributed by atoms with van der Waals surface area (Å²) in [7, 11) is 0. The van der Waals surface area contributed by atoms with E-state index in [9.17, 15) is 4.79 Å². The third kappa shape index (κ3) is 3.92. The molecule has 1 aromatic heterocycles. The number of anilines is 1.